The highest BCUT2D eigenvalue weighted by molar-refractivity contribution is 9.10. The summed E-state index contributed by atoms with van der Waals surface area (Å²) >= 11 is 3.33. The number of carbonyl (C=O) groups excluding carboxylic acids is 1. The molecule has 0 bridgehead atoms. The average molecular weight is 291 g/mol. The van der Waals surface area contributed by atoms with Crippen molar-refractivity contribution in [2.75, 3.05) is 5.73 Å². The molecule has 0 saturated carbocycles. The molecular weight excluding hydrogens is 280 g/mol. The number of nitrogens with two attached hydrogens (primary N) is 2. The van der Waals surface area contributed by atoms with Crippen LogP contribution in [0.5, 0.6) is 0 Å². The molecule has 0 aliphatic rings. The maximum Gasteiger partial charge on any atom is 0.250 e. The molecule has 0 aromatic heterocycles. The van der Waals surface area contributed by atoms with Gasteiger partial charge in [-0.3, -0.25) is 4.79 Å². The Balaban J connectivity index is 2.61. The van der Waals surface area contributed by atoms with Gasteiger partial charge in [0.15, 0.2) is 0 Å². The largest absolute Gasteiger partial charge is 0.397 e. The van der Waals surface area contributed by atoms with Crippen molar-refractivity contribution in [3.63, 3.8) is 0 Å². The number of halogens is 1. The van der Waals surface area contributed by atoms with E-state index in [0.29, 0.717) is 15.7 Å². The predicted octanol–water partition coefficient (Wildman–Crippen LogP) is 2.80. The van der Waals surface area contributed by atoms with Crippen LogP contribution in [0.2, 0.25) is 0 Å². The SMILES string of the molecule is NC(=O)c1cc(-c2ccccc2)cc(Br)c1N. The van der Waals surface area contributed by atoms with Crippen molar-refractivity contribution in [2.24, 2.45) is 5.73 Å². The van der Waals surface area contributed by atoms with Gasteiger partial charge in [-0.25, -0.2) is 0 Å². The van der Waals surface area contributed by atoms with Gasteiger partial charge in [-0.05, 0) is 39.2 Å². The first kappa shape index (κ1) is 11.7. The van der Waals surface area contributed by atoms with Crippen molar-refractivity contribution in [2.45, 2.75) is 0 Å². The third-order valence-corrected chi connectivity index (χ3v) is 3.16. The Labute approximate surface area is 108 Å². The third-order valence-electron chi connectivity index (χ3n) is 2.50. The summed E-state index contributed by atoms with van der Waals surface area (Å²) in [6.07, 6.45) is 0. The van der Waals surface area contributed by atoms with Crippen LogP contribution in [0.4, 0.5) is 5.69 Å². The van der Waals surface area contributed by atoms with Gasteiger partial charge < -0.3 is 11.5 Å². The minimum Gasteiger partial charge on any atom is -0.397 e. The molecular formula is C13H11BrN2O. The zero-order valence-corrected chi connectivity index (χ0v) is 10.6. The van der Waals surface area contributed by atoms with Gasteiger partial charge in [0.25, 0.3) is 5.91 Å². The van der Waals surface area contributed by atoms with Crippen LogP contribution in [0.15, 0.2) is 46.9 Å². The first-order valence-corrected chi connectivity index (χ1v) is 5.83. The lowest BCUT2D eigenvalue weighted by Crippen LogP contribution is -2.14. The molecule has 2 aromatic carbocycles. The van der Waals surface area contributed by atoms with Crippen molar-refractivity contribution in [1.82, 2.24) is 0 Å². The molecule has 0 atom stereocenters. The average Bonchev–Trinajstić information content (AvgIpc) is 2.33. The topological polar surface area (TPSA) is 69.1 Å². The monoisotopic (exact) mass is 290 g/mol. The Morgan fingerprint density at radius 1 is 1.06 bits per heavy atom. The van der Waals surface area contributed by atoms with Crippen LogP contribution >= 0.6 is 15.9 Å². The number of hydrogen-bond acceptors (Lipinski definition) is 2. The van der Waals surface area contributed by atoms with Crippen LogP contribution in [0.25, 0.3) is 11.1 Å². The minimum absolute atomic E-state index is 0.332. The number of anilines is 1. The number of hydrogen-bond donors (Lipinski definition) is 2. The van der Waals surface area contributed by atoms with Crippen LogP contribution in [0.1, 0.15) is 10.4 Å². The fraction of sp³-hybridized carbons (Fsp3) is 0. The molecule has 0 spiro atoms. The fourth-order valence-electron chi connectivity index (χ4n) is 1.62. The summed E-state index contributed by atoms with van der Waals surface area (Å²) in [6.45, 7) is 0. The molecule has 0 aliphatic heterocycles. The predicted molar refractivity (Wildman–Crippen MR) is 72.5 cm³/mol. The summed E-state index contributed by atoms with van der Waals surface area (Å²) in [6, 6.07) is 13.3. The second-order valence-electron chi connectivity index (χ2n) is 3.65. The maximum atomic E-state index is 11.3. The molecule has 3 nitrogen and oxygen atoms in total. The summed E-state index contributed by atoms with van der Waals surface area (Å²) < 4.78 is 0.674. The number of amides is 1. The molecule has 0 saturated heterocycles. The van der Waals surface area contributed by atoms with Gasteiger partial charge >= 0.3 is 0 Å². The highest BCUT2D eigenvalue weighted by Gasteiger charge is 2.11. The summed E-state index contributed by atoms with van der Waals surface area (Å²) in [5.74, 6) is -0.527. The second kappa shape index (κ2) is 4.59. The highest BCUT2D eigenvalue weighted by atomic mass is 79.9. The zero-order chi connectivity index (χ0) is 12.4. The quantitative estimate of drug-likeness (QED) is 0.835. The Hall–Kier alpha value is -1.81. The molecule has 0 fully saturated rings. The van der Waals surface area contributed by atoms with E-state index >= 15 is 0 Å². The molecule has 17 heavy (non-hydrogen) atoms. The lowest BCUT2D eigenvalue weighted by molar-refractivity contribution is 0.100. The summed E-state index contributed by atoms with van der Waals surface area (Å²) in [5, 5.41) is 0. The molecule has 2 rings (SSSR count). The van der Waals surface area contributed by atoms with E-state index in [1.54, 1.807) is 6.07 Å². The third kappa shape index (κ3) is 2.31. The lowest BCUT2D eigenvalue weighted by atomic mass is 10.0. The Morgan fingerprint density at radius 2 is 1.71 bits per heavy atom. The van der Waals surface area contributed by atoms with Crippen molar-refractivity contribution < 1.29 is 4.79 Å². The molecule has 4 heteroatoms. The molecule has 0 aliphatic carbocycles. The van der Waals surface area contributed by atoms with E-state index in [9.17, 15) is 4.79 Å². The standard InChI is InChI=1S/C13H11BrN2O/c14-11-7-9(8-4-2-1-3-5-8)6-10(12(11)15)13(16)17/h1-7H,15H2,(H2,16,17). The smallest absolute Gasteiger partial charge is 0.250 e. The van der Waals surface area contributed by atoms with Crippen LogP contribution < -0.4 is 11.5 Å². The van der Waals surface area contributed by atoms with Gasteiger partial charge in [-0.1, -0.05) is 30.3 Å². The summed E-state index contributed by atoms with van der Waals surface area (Å²) in [5.41, 5.74) is 13.7. The van der Waals surface area contributed by atoms with Gasteiger partial charge in [0.1, 0.15) is 0 Å². The van der Waals surface area contributed by atoms with Gasteiger partial charge in [-0.15, -0.1) is 0 Å². The first-order chi connectivity index (χ1) is 8.09. The van der Waals surface area contributed by atoms with Crippen molar-refractivity contribution >= 4 is 27.5 Å². The second-order valence-corrected chi connectivity index (χ2v) is 4.50. The number of benzene rings is 2. The highest BCUT2D eigenvalue weighted by Crippen LogP contribution is 2.30. The Morgan fingerprint density at radius 3 is 2.29 bits per heavy atom. The van der Waals surface area contributed by atoms with E-state index in [0.717, 1.165) is 11.1 Å². The zero-order valence-electron chi connectivity index (χ0n) is 8.98. The molecule has 86 valence electrons. The number of rotatable bonds is 2. The maximum absolute atomic E-state index is 11.3. The Kier molecular flexibility index (Phi) is 3.15. The van der Waals surface area contributed by atoms with E-state index in [1.165, 1.54) is 0 Å². The van der Waals surface area contributed by atoms with Crippen LogP contribution in [-0.2, 0) is 0 Å². The van der Waals surface area contributed by atoms with Crippen LogP contribution in [0, 0.1) is 0 Å². The fourth-order valence-corrected chi connectivity index (χ4v) is 2.08. The van der Waals surface area contributed by atoms with E-state index in [-0.39, 0.29) is 0 Å². The van der Waals surface area contributed by atoms with E-state index in [4.69, 9.17) is 11.5 Å². The van der Waals surface area contributed by atoms with Crippen LogP contribution in [0.3, 0.4) is 0 Å². The molecule has 0 radical (unpaired) electrons. The first-order valence-electron chi connectivity index (χ1n) is 5.04. The van der Waals surface area contributed by atoms with Gasteiger partial charge in [0.05, 0.1) is 11.3 Å². The van der Waals surface area contributed by atoms with Gasteiger partial charge in [-0.2, -0.15) is 0 Å². The van der Waals surface area contributed by atoms with Gasteiger partial charge in [0.2, 0.25) is 0 Å². The lowest BCUT2D eigenvalue weighted by Gasteiger charge is -2.08. The summed E-state index contributed by atoms with van der Waals surface area (Å²) in [4.78, 5) is 11.3. The molecule has 1 amide bonds. The number of nitrogen functional groups attached to an aromatic ring is 1. The summed E-state index contributed by atoms with van der Waals surface area (Å²) in [7, 11) is 0. The Bertz CT molecular complexity index is 567. The molecule has 0 heterocycles. The minimum atomic E-state index is -0.527. The van der Waals surface area contributed by atoms with Crippen molar-refractivity contribution in [3.8, 4) is 11.1 Å². The van der Waals surface area contributed by atoms with Crippen molar-refractivity contribution in [1.29, 1.82) is 0 Å². The number of carbonyl (C=O) groups is 1. The normalized spacial score (nSPS) is 10.2. The molecule has 2 aromatic rings. The van der Waals surface area contributed by atoms with E-state index < -0.39 is 5.91 Å². The van der Waals surface area contributed by atoms with E-state index in [1.807, 2.05) is 36.4 Å². The molecule has 4 N–H and O–H groups in total. The van der Waals surface area contributed by atoms with E-state index in [2.05, 4.69) is 15.9 Å². The number of primary amides is 1. The molecule has 0 unspecified atom stereocenters. The van der Waals surface area contributed by atoms with Crippen LogP contribution in [-0.4, -0.2) is 5.91 Å². The van der Waals surface area contributed by atoms with Gasteiger partial charge in [0, 0.05) is 4.47 Å². The van der Waals surface area contributed by atoms with Crippen molar-refractivity contribution in [3.05, 3.63) is 52.5 Å².